The lowest BCUT2D eigenvalue weighted by atomic mass is 10.1. The SMILES string of the molecule is CCNC(=NCc1ccc(OC)c(OC)c1)N1CC2OCCN(Cc3ccccc3)C2C1.I. The van der Waals surface area contributed by atoms with E-state index >= 15 is 0 Å². The quantitative estimate of drug-likeness (QED) is 0.315. The first-order valence-electron chi connectivity index (χ1n) is 11.4. The Bertz CT molecular complexity index is 912. The van der Waals surface area contributed by atoms with Gasteiger partial charge in [0.1, 0.15) is 0 Å². The van der Waals surface area contributed by atoms with E-state index < -0.39 is 0 Å². The molecule has 0 radical (unpaired) electrons. The lowest BCUT2D eigenvalue weighted by Gasteiger charge is -2.36. The van der Waals surface area contributed by atoms with Crippen molar-refractivity contribution in [2.45, 2.75) is 32.2 Å². The van der Waals surface area contributed by atoms with Gasteiger partial charge in [0, 0.05) is 32.7 Å². The van der Waals surface area contributed by atoms with E-state index in [1.165, 1.54) is 5.56 Å². The maximum absolute atomic E-state index is 6.15. The van der Waals surface area contributed by atoms with Crippen LogP contribution in [0.5, 0.6) is 11.5 Å². The topological polar surface area (TPSA) is 58.6 Å². The van der Waals surface area contributed by atoms with Crippen LogP contribution in [-0.2, 0) is 17.8 Å². The molecular weight excluding hydrogens is 531 g/mol. The number of morpholine rings is 1. The van der Waals surface area contributed by atoms with Gasteiger partial charge in [-0.3, -0.25) is 4.90 Å². The Hall–Kier alpha value is -2.04. The van der Waals surface area contributed by atoms with Gasteiger partial charge in [0.2, 0.25) is 0 Å². The molecule has 0 bridgehead atoms. The zero-order chi connectivity index (χ0) is 22.3. The zero-order valence-electron chi connectivity index (χ0n) is 19.7. The van der Waals surface area contributed by atoms with Crippen LogP contribution in [0.15, 0.2) is 53.5 Å². The highest BCUT2D eigenvalue weighted by molar-refractivity contribution is 14.0. The summed E-state index contributed by atoms with van der Waals surface area (Å²) in [5.74, 6) is 2.38. The summed E-state index contributed by atoms with van der Waals surface area (Å²) in [5.41, 5.74) is 2.43. The van der Waals surface area contributed by atoms with E-state index in [4.69, 9.17) is 19.2 Å². The number of aliphatic imine (C=N–C) groups is 1. The summed E-state index contributed by atoms with van der Waals surface area (Å²) in [6, 6.07) is 17.0. The molecule has 2 atom stereocenters. The molecule has 8 heteroatoms. The number of halogens is 1. The third kappa shape index (κ3) is 6.30. The molecule has 1 N–H and O–H groups in total. The van der Waals surface area contributed by atoms with Crippen molar-refractivity contribution in [2.24, 2.45) is 4.99 Å². The van der Waals surface area contributed by atoms with Crippen molar-refractivity contribution in [3.05, 3.63) is 59.7 Å². The maximum atomic E-state index is 6.15. The molecule has 2 heterocycles. The van der Waals surface area contributed by atoms with Crippen molar-refractivity contribution >= 4 is 29.9 Å². The number of nitrogens with zero attached hydrogens (tertiary/aromatic N) is 3. The number of likely N-dealkylation sites (tertiary alicyclic amines) is 1. The predicted octanol–water partition coefficient (Wildman–Crippen LogP) is 3.37. The smallest absolute Gasteiger partial charge is 0.194 e. The summed E-state index contributed by atoms with van der Waals surface area (Å²) in [5, 5.41) is 3.47. The fraction of sp³-hybridized carbons (Fsp3) is 0.480. The minimum atomic E-state index is 0. The molecular formula is C25H35IN4O3. The molecule has 2 unspecified atom stereocenters. The molecule has 0 amide bonds. The summed E-state index contributed by atoms with van der Waals surface area (Å²) < 4.78 is 16.9. The van der Waals surface area contributed by atoms with Gasteiger partial charge in [-0.05, 0) is 30.2 Å². The molecule has 2 fully saturated rings. The molecule has 2 aliphatic heterocycles. The van der Waals surface area contributed by atoms with Crippen LogP contribution in [0.3, 0.4) is 0 Å². The number of guanidine groups is 1. The van der Waals surface area contributed by atoms with Gasteiger partial charge in [-0.25, -0.2) is 4.99 Å². The molecule has 0 saturated carbocycles. The van der Waals surface area contributed by atoms with Crippen molar-refractivity contribution in [3.8, 4) is 11.5 Å². The largest absolute Gasteiger partial charge is 0.493 e. The van der Waals surface area contributed by atoms with E-state index in [0.29, 0.717) is 12.6 Å². The number of ether oxygens (including phenoxy) is 3. The molecule has 0 aliphatic carbocycles. The van der Waals surface area contributed by atoms with Crippen molar-refractivity contribution in [3.63, 3.8) is 0 Å². The van der Waals surface area contributed by atoms with E-state index in [1.807, 2.05) is 18.2 Å². The average Bonchev–Trinajstić information content (AvgIpc) is 3.27. The normalized spacial score (nSPS) is 20.7. The number of rotatable bonds is 7. The molecule has 0 spiro atoms. The van der Waals surface area contributed by atoms with Crippen LogP contribution in [0.1, 0.15) is 18.1 Å². The molecule has 2 aliphatic rings. The van der Waals surface area contributed by atoms with Crippen molar-refractivity contribution in [1.82, 2.24) is 15.1 Å². The summed E-state index contributed by atoms with van der Waals surface area (Å²) in [6.07, 6.45) is 0.206. The van der Waals surface area contributed by atoms with Crippen LogP contribution in [-0.4, -0.2) is 74.9 Å². The summed E-state index contributed by atoms with van der Waals surface area (Å²) >= 11 is 0. The molecule has 7 nitrogen and oxygen atoms in total. The Balaban J connectivity index is 0.00000306. The Morgan fingerprint density at radius 3 is 2.58 bits per heavy atom. The van der Waals surface area contributed by atoms with Crippen LogP contribution in [0.4, 0.5) is 0 Å². The van der Waals surface area contributed by atoms with Crippen molar-refractivity contribution in [2.75, 3.05) is 47.0 Å². The Morgan fingerprint density at radius 1 is 1.06 bits per heavy atom. The van der Waals surface area contributed by atoms with Gasteiger partial charge >= 0.3 is 0 Å². The monoisotopic (exact) mass is 566 g/mol. The molecule has 2 aromatic rings. The fourth-order valence-electron chi connectivity index (χ4n) is 4.52. The highest BCUT2D eigenvalue weighted by Crippen LogP contribution is 2.28. The minimum Gasteiger partial charge on any atom is -0.493 e. The van der Waals surface area contributed by atoms with E-state index in [-0.39, 0.29) is 30.1 Å². The van der Waals surface area contributed by atoms with Crippen molar-refractivity contribution in [1.29, 1.82) is 0 Å². The molecule has 180 valence electrons. The van der Waals surface area contributed by atoms with Gasteiger partial charge in [0.05, 0.1) is 39.5 Å². The lowest BCUT2D eigenvalue weighted by Crippen LogP contribution is -2.50. The summed E-state index contributed by atoms with van der Waals surface area (Å²) in [7, 11) is 3.30. The minimum absolute atomic E-state index is 0. The van der Waals surface area contributed by atoms with E-state index in [2.05, 4.69) is 52.4 Å². The van der Waals surface area contributed by atoms with Gasteiger partial charge in [0.25, 0.3) is 0 Å². The zero-order valence-corrected chi connectivity index (χ0v) is 22.0. The van der Waals surface area contributed by atoms with E-state index in [0.717, 1.165) is 62.4 Å². The molecule has 2 saturated heterocycles. The Kier molecular flexibility index (Phi) is 9.64. The standard InChI is InChI=1S/C25H34N4O3.HI/c1-4-26-25(27-15-20-10-11-22(30-2)23(14-20)31-3)29-17-21-24(18-29)32-13-12-28(21)16-19-8-6-5-7-9-19;/h5-11,14,21,24H,4,12-13,15-18H2,1-3H3,(H,26,27);1H. The molecule has 4 rings (SSSR count). The number of benzene rings is 2. The highest BCUT2D eigenvalue weighted by Gasteiger charge is 2.41. The predicted molar refractivity (Wildman–Crippen MR) is 142 cm³/mol. The first kappa shape index (κ1) is 25.6. The van der Waals surface area contributed by atoms with Crippen molar-refractivity contribution < 1.29 is 14.2 Å². The number of fused-ring (bicyclic) bond motifs is 1. The van der Waals surface area contributed by atoms with Gasteiger partial charge in [0.15, 0.2) is 17.5 Å². The highest BCUT2D eigenvalue weighted by atomic mass is 127. The number of nitrogens with one attached hydrogen (secondary N) is 1. The number of hydrogen-bond acceptors (Lipinski definition) is 5. The average molecular weight is 566 g/mol. The molecule has 2 aromatic carbocycles. The maximum Gasteiger partial charge on any atom is 0.194 e. The first-order valence-corrected chi connectivity index (χ1v) is 11.4. The van der Waals surface area contributed by atoms with E-state index in [9.17, 15) is 0 Å². The Morgan fingerprint density at radius 2 is 1.85 bits per heavy atom. The van der Waals surface area contributed by atoms with Gasteiger partial charge < -0.3 is 24.4 Å². The second-order valence-electron chi connectivity index (χ2n) is 8.20. The summed E-state index contributed by atoms with van der Waals surface area (Å²) in [6.45, 7) is 7.97. The number of hydrogen-bond donors (Lipinski definition) is 1. The van der Waals surface area contributed by atoms with Crippen LogP contribution in [0.2, 0.25) is 0 Å². The second kappa shape index (κ2) is 12.4. The Labute approximate surface area is 214 Å². The van der Waals surface area contributed by atoms with E-state index in [1.54, 1.807) is 14.2 Å². The lowest BCUT2D eigenvalue weighted by molar-refractivity contribution is -0.0502. The first-order chi connectivity index (χ1) is 15.7. The van der Waals surface area contributed by atoms with Crippen LogP contribution in [0.25, 0.3) is 0 Å². The molecule has 33 heavy (non-hydrogen) atoms. The van der Waals surface area contributed by atoms with Crippen LogP contribution < -0.4 is 14.8 Å². The number of methoxy groups -OCH3 is 2. The molecule has 0 aromatic heterocycles. The van der Waals surface area contributed by atoms with Gasteiger partial charge in [-0.2, -0.15) is 0 Å². The van der Waals surface area contributed by atoms with Crippen LogP contribution in [0, 0.1) is 0 Å². The van der Waals surface area contributed by atoms with Crippen LogP contribution >= 0.6 is 24.0 Å². The third-order valence-electron chi connectivity index (χ3n) is 6.14. The fourth-order valence-corrected chi connectivity index (χ4v) is 4.52. The summed E-state index contributed by atoms with van der Waals surface area (Å²) in [4.78, 5) is 9.82. The van der Waals surface area contributed by atoms with Gasteiger partial charge in [-0.15, -0.1) is 24.0 Å². The van der Waals surface area contributed by atoms with Gasteiger partial charge in [-0.1, -0.05) is 36.4 Å². The third-order valence-corrected chi connectivity index (χ3v) is 6.14. The second-order valence-corrected chi connectivity index (χ2v) is 8.20.